The van der Waals surface area contributed by atoms with Crippen molar-refractivity contribution >= 4 is 40.7 Å². The Kier molecular flexibility index (Phi) is 8.63. The number of amides is 2. The second-order valence-corrected chi connectivity index (χ2v) is 10.8. The normalized spacial score (nSPS) is 13.3. The second-order valence-electron chi connectivity index (χ2n) is 10.8. The first-order chi connectivity index (χ1) is 18.2. The Morgan fingerprint density at radius 1 is 1.05 bits per heavy atom. The van der Waals surface area contributed by atoms with Crippen LogP contribution in [0.15, 0.2) is 54.9 Å². The number of carbonyl (C=O) groups is 4. The minimum atomic E-state index is -1.46. The molecule has 0 radical (unpaired) electrons. The fraction of sp³-hybridized carbons (Fsp3) is 0.393. The van der Waals surface area contributed by atoms with Crippen LogP contribution >= 0.6 is 0 Å². The monoisotopic (exact) mass is 538 g/mol. The first-order valence-electron chi connectivity index (χ1n) is 12.3. The standard InChI is InChI=1S/C28H34N4O7/c1-27(2,3)21(25(35)36)24(34)32(18-12-13-19-20(14-18)31-16-30-19)22(17-10-8-7-9-11-17)23(33)29-15-28(4,5)39-26(37)38-6/h7-14,16,21-22H,15H2,1-6H3,(H,29,33)(H,30,31)(H,35,36). The van der Waals surface area contributed by atoms with E-state index >= 15 is 0 Å². The number of carboxylic acid groups (broad SMARTS) is 1. The lowest BCUT2D eigenvalue weighted by atomic mass is 9.79. The van der Waals surface area contributed by atoms with Gasteiger partial charge in [-0.25, -0.2) is 9.78 Å². The molecule has 39 heavy (non-hydrogen) atoms. The number of methoxy groups -OCH3 is 1. The SMILES string of the molecule is COC(=O)OC(C)(C)CNC(=O)C(c1ccccc1)N(C(=O)C(C(=O)O)C(C)(C)C)c1ccc2nc[nH]c2c1. The number of carboxylic acids is 1. The van der Waals surface area contributed by atoms with Gasteiger partial charge in [-0.2, -0.15) is 0 Å². The van der Waals surface area contributed by atoms with Crippen LogP contribution in [0.25, 0.3) is 11.0 Å². The fourth-order valence-corrected chi connectivity index (χ4v) is 4.22. The molecule has 3 rings (SSSR count). The third-order valence-electron chi connectivity index (χ3n) is 6.12. The van der Waals surface area contributed by atoms with Gasteiger partial charge in [0.15, 0.2) is 0 Å². The molecule has 0 aliphatic rings. The van der Waals surface area contributed by atoms with E-state index in [0.717, 1.165) is 0 Å². The molecule has 2 amide bonds. The van der Waals surface area contributed by atoms with E-state index in [-0.39, 0.29) is 6.54 Å². The number of imidazole rings is 1. The molecule has 0 fully saturated rings. The fourth-order valence-electron chi connectivity index (χ4n) is 4.22. The summed E-state index contributed by atoms with van der Waals surface area (Å²) in [4.78, 5) is 60.5. The van der Waals surface area contributed by atoms with E-state index in [2.05, 4.69) is 20.0 Å². The molecule has 0 aliphatic carbocycles. The zero-order chi connectivity index (χ0) is 29.0. The average molecular weight is 539 g/mol. The number of aromatic nitrogens is 2. The number of aliphatic carboxylic acids is 1. The van der Waals surface area contributed by atoms with Crippen molar-refractivity contribution in [2.24, 2.45) is 11.3 Å². The molecule has 11 nitrogen and oxygen atoms in total. The quantitative estimate of drug-likeness (QED) is 0.273. The van der Waals surface area contributed by atoms with Gasteiger partial charge in [0.1, 0.15) is 17.6 Å². The highest BCUT2D eigenvalue weighted by atomic mass is 16.7. The number of nitrogens with zero attached hydrogens (tertiary/aromatic N) is 2. The van der Waals surface area contributed by atoms with Crippen molar-refractivity contribution in [2.45, 2.75) is 46.3 Å². The number of hydrogen-bond acceptors (Lipinski definition) is 7. The van der Waals surface area contributed by atoms with Crippen molar-refractivity contribution in [3.63, 3.8) is 0 Å². The van der Waals surface area contributed by atoms with Crippen LogP contribution in [0.4, 0.5) is 10.5 Å². The van der Waals surface area contributed by atoms with E-state index in [1.807, 2.05) is 0 Å². The highest BCUT2D eigenvalue weighted by molar-refractivity contribution is 6.10. The van der Waals surface area contributed by atoms with Gasteiger partial charge in [-0.3, -0.25) is 19.3 Å². The van der Waals surface area contributed by atoms with Crippen LogP contribution in [0.3, 0.4) is 0 Å². The Bertz CT molecular complexity index is 1340. The van der Waals surface area contributed by atoms with Crippen LogP contribution in [0.2, 0.25) is 0 Å². The Morgan fingerprint density at radius 2 is 1.72 bits per heavy atom. The molecule has 0 aliphatic heterocycles. The summed E-state index contributed by atoms with van der Waals surface area (Å²) in [6, 6.07) is 12.3. The first-order valence-corrected chi connectivity index (χ1v) is 12.3. The van der Waals surface area contributed by atoms with Crippen molar-refractivity contribution in [3.8, 4) is 0 Å². The highest BCUT2D eigenvalue weighted by Crippen LogP contribution is 2.36. The Balaban J connectivity index is 2.14. The number of nitrogens with one attached hydrogen (secondary N) is 2. The summed E-state index contributed by atoms with van der Waals surface area (Å²) >= 11 is 0. The summed E-state index contributed by atoms with van der Waals surface area (Å²) in [7, 11) is 1.18. The number of anilines is 1. The molecule has 2 aromatic carbocycles. The minimum Gasteiger partial charge on any atom is -0.481 e. The Morgan fingerprint density at radius 3 is 2.31 bits per heavy atom. The molecule has 208 valence electrons. The maximum atomic E-state index is 14.2. The van der Waals surface area contributed by atoms with E-state index in [0.29, 0.717) is 22.3 Å². The van der Waals surface area contributed by atoms with Gasteiger partial charge < -0.3 is 24.9 Å². The largest absolute Gasteiger partial charge is 0.508 e. The first kappa shape index (κ1) is 29.2. The van der Waals surface area contributed by atoms with Crippen molar-refractivity contribution in [1.29, 1.82) is 0 Å². The van der Waals surface area contributed by atoms with Crippen LogP contribution in [0.5, 0.6) is 0 Å². The molecule has 2 atom stereocenters. The van der Waals surface area contributed by atoms with E-state index in [1.165, 1.54) is 18.3 Å². The Labute approximate surface area is 226 Å². The predicted molar refractivity (Wildman–Crippen MR) is 144 cm³/mol. The van der Waals surface area contributed by atoms with Crippen molar-refractivity contribution in [1.82, 2.24) is 15.3 Å². The molecular formula is C28H34N4O7. The number of benzene rings is 2. The molecule has 11 heteroatoms. The van der Waals surface area contributed by atoms with Gasteiger partial charge in [0.2, 0.25) is 11.8 Å². The maximum Gasteiger partial charge on any atom is 0.508 e. The van der Waals surface area contributed by atoms with E-state index < -0.39 is 46.9 Å². The van der Waals surface area contributed by atoms with Crippen molar-refractivity contribution in [3.05, 3.63) is 60.4 Å². The van der Waals surface area contributed by atoms with Crippen molar-refractivity contribution in [2.75, 3.05) is 18.6 Å². The number of carbonyl (C=O) groups excluding carboxylic acids is 3. The van der Waals surface area contributed by atoms with Gasteiger partial charge in [0.25, 0.3) is 0 Å². The molecule has 2 unspecified atom stereocenters. The van der Waals surface area contributed by atoms with E-state index in [9.17, 15) is 24.3 Å². The van der Waals surface area contributed by atoms with Crippen LogP contribution in [-0.2, 0) is 23.9 Å². The van der Waals surface area contributed by atoms with Gasteiger partial charge in [0.05, 0.1) is 31.0 Å². The van der Waals surface area contributed by atoms with Gasteiger partial charge in [-0.1, -0.05) is 51.1 Å². The number of H-pyrrole nitrogens is 1. The lowest BCUT2D eigenvalue weighted by molar-refractivity contribution is -0.151. The van der Waals surface area contributed by atoms with Gasteiger partial charge in [-0.05, 0) is 43.0 Å². The van der Waals surface area contributed by atoms with E-state index in [4.69, 9.17) is 4.74 Å². The van der Waals surface area contributed by atoms with Gasteiger partial charge in [0, 0.05) is 5.69 Å². The van der Waals surface area contributed by atoms with Gasteiger partial charge >= 0.3 is 12.1 Å². The van der Waals surface area contributed by atoms with Gasteiger partial charge in [-0.15, -0.1) is 0 Å². The zero-order valence-electron chi connectivity index (χ0n) is 22.8. The third-order valence-corrected chi connectivity index (χ3v) is 6.12. The minimum absolute atomic E-state index is 0.104. The summed E-state index contributed by atoms with van der Waals surface area (Å²) in [6.45, 7) is 8.06. The van der Waals surface area contributed by atoms with Crippen LogP contribution in [0, 0.1) is 11.3 Å². The number of aromatic amines is 1. The Hall–Kier alpha value is -4.41. The predicted octanol–water partition coefficient (Wildman–Crippen LogP) is 4.06. The number of fused-ring (bicyclic) bond motifs is 1. The van der Waals surface area contributed by atoms with Crippen LogP contribution in [0.1, 0.15) is 46.2 Å². The second kappa shape index (κ2) is 11.5. The third kappa shape index (κ3) is 6.92. The summed E-state index contributed by atoms with van der Waals surface area (Å²) < 4.78 is 9.78. The molecule has 3 N–H and O–H groups in total. The summed E-state index contributed by atoms with van der Waals surface area (Å²) in [5.74, 6) is -4.13. The molecular weight excluding hydrogens is 504 g/mol. The average Bonchev–Trinajstić information content (AvgIpc) is 3.32. The molecule has 0 saturated heterocycles. The van der Waals surface area contributed by atoms with Crippen molar-refractivity contribution < 1.29 is 33.8 Å². The molecule has 0 spiro atoms. The highest BCUT2D eigenvalue weighted by Gasteiger charge is 2.44. The van der Waals surface area contributed by atoms with Crippen LogP contribution < -0.4 is 10.2 Å². The maximum absolute atomic E-state index is 14.2. The molecule has 1 heterocycles. The summed E-state index contributed by atoms with van der Waals surface area (Å²) in [5.41, 5.74) is -0.0956. The topological polar surface area (TPSA) is 151 Å². The summed E-state index contributed by atoms with van der Waals surface area (Å²) in [5, 5.41) is 12.9. The molecule has 1 aromatic heterocycles. The molecule has 3 aromatic rings. The summed E-state index contributed by atoms with van der Waals surface area (Å²) in [6.07, 6.45) is 0.591. The number of rotatable bonds is 9. The smallest absolute Gasteiger partial charge is 0.481 e. The lowest BCUT2D eigenvalue weighted by Gasteiger charge is -2.37. The lowest BCUT2D eigenvalue weighted by Crippen LogP contribution is -2.52. The van der Waals surface area contributed by atoms with E-state index in [1.54, 1.807) is 83.1 Å². The number of hydrogen-bond donors (Lipinski definition) is 3. The zero-order valence-corrected chi connectivity index (χ0v) is 22.8. The van der Waals surface area contributed by atoms with Crippen LogP contribution in [-0.4, -0.2) is 58.3 Å². The molecule has 0 bridgehead atoms. The molecule has 0 saturated carbocycles. The number of ether oxygens (including phenoxy) is 2.